The maximum Gasteiger partial charge on any atom is 0.237 e. The zero-order chi connectivity index (χ0) is 11.4. The molecule has 0 radical (unpaired) electrons. The number of aryl methyl sites for hydroxylation is 1. The van der Waals surface area contributed by atoms with Gasteiger partial charge < -0.3 is 15.5 Å². The first kappa shape index (κ1) is 11.7. The second-order valence-corrected chi connectivity index (χ2v) is 3.55. The number of hydrogen-bond acceptors (Lipinski definition) is 4. The molecule has 1 unspecified atom stereocenters. The van der Waals surface area contributed by atoms with Crippen LogP contribution in [0.2, 0.25) is 0 Å². The molecule has 84 valence electrons. The molecule has 1 aromatic rings. The number of nitrogens with two attached hydrogens (primary N) is 1. The third-order valence-corrected chi connectivity index (χ3v) is 2.14. The summed E-state index contributed by atoms with van der Waals surface area (Å²) in [6, 6.07) is -0.715. The second-order valence-electron chi connectivity index (χ2n) is 3.55. The average molecular weight is 211 g/mol. The van der Waals surface area contributed by atoms with Crippen molar-refractivity contribution in [2.24, 2.45) is 5.73 Å². The van der Waals surface area contributed by atoms with E-state index in [2.05, 4.69) is 10.3 Å². The Labute approximate surface area is 89.1 Å². The van der Waals surface area contributed by atoms with Crippen LogP contribution in [0.3, 0.4) is 0 Å². The number of nitrogens with zero attached hydrogens (tertiary/aromatic N) is 1. The fraction of sp³-hybridized carbons (Fsp3) is 0.600. The Kier molecular flexibility index (Phi) is 3.85. The summed E-state index contributed by atoms with van der Waals surface area (Å²) in [5, 5.41) is 2.74. The highest BCUT2D eigenvalue weighted by Gasteiger charge is 2.17. The number of oxazole rings is 1. The number of rotatable bonds is 4. The Morgan fingerprint density at radius 1 is 1.73 bits per heavy atom. The fourth-order valence-corrected chi connectivity index (χ4v) is 1.14. The van der Waals surface area contributed by atoms with Crippen LogP contribution >= 0.6 is 0 Å². The standard InChI is InChI=1S/C10H17N3O2/c1-4-8(11)9(14)13-7(3)10-12-5-6(2)15-10/h5,7-8H,4,11H2,1-3H3,(H,13,14)/t7?,8-/m1/s1. The quantitative estimate of drug-likeness (QED) is 0.775. The van der Waals surface area contributed by atoms with Crippen molar-refractivity contribution in [2.75, 3.05) is 0 Å². The van der Waals surface area contributed by atoms with Crippen molar-refractivity contribution in [1.29, 1.82) is 0 Å². The van der Waals surface area contributed by atoms with E-state index < -0.39 is 6.04 Å². The Bertz CT molecular complexity index is 335. The van der Waals surface area contributed by atoms with E-state index in [9.17, 15) is 4.79 Å². The van der Waals surface area contributed by atoms with Gasteiger partial charge in [0.2, 0.25) is 11.8 Å². The molecule has 2 atom stereocenters. The third kappa shape index (κ3) is 3.06. The Morgan fingerprint density at radius 3 is 2.87 bits per heavy atom. The number of aromatic nitrogens is 1. The van der Waals surface area contributed by atoms with Crippen LogP contribution in [0, 0.1) is 6.92 Å². The summed E-state index contributed by atoms with van der Waals surface area (Å²) in [5.41, 5.74) is 5.59. The van der Waals surface area contributed by atoms with Crippen molar-refractivity contribution in [3.05, 3.63) is 17.8 Å². The average Bonchev–Trinajstić information content (AvgIpc) is 2.63. The predicted octanol–water partition coefficient (Wildman–Crippen LogP) is 0.898. The van der Waals surface area contributed by atoms with Gasteiger partial charge in [-0.05, 0) is 20.3 Å². The first-order valence-electron chi connectivity index (χ1n) is 5.02. The minimum Gasteiger partial charge on any atom is -0.444 e. The van der Waals surface area contributed by atoms with Crippen LogP contribution in [0.5, 0.6) is 0 Å². The minimum atomic E-state index is -0.469. The molecule has 0 fully saturated rings. The zero-order valence-electron chi connectivity index (χ0n) is 9.28. The van der Waals surface area contributed by atoms with Crippen LogP contribution in [0.4, 0.5) is 0 Å². The molecule has 0 aliphatic carbocycles. The molecule has 0 aliphatic heterocycles. The van der Waals surface area contributed by atoms with Gasteiger partial charge >= 0.3 is 0 Å². The first-order valence-corrected chi connectivity index (χ1v) is 5.02. The van der Waals surface area contributed by atoms with Gasteiger partial charge in [-0.1, -0.05) is 6.92 Å². The van der Waals surface area contributed by atoms with E-state index in [-0.39, 0.29) is 11.9 Å². The van der Waals surface area contributed by atoms with E-state index in [4.69, 9.17) is 10.2 Å². The maximum absolute atomic E-state index is 11.5. The van der Waals surface area contributed by atoms with Gasteiger partial charge in [0, 0.05) is 0 Å². The monoisotopic (exact) mass is 211 g/mol. The summed E-state index contributed by atoms with van der Waals surface area (Å²) in [7, 11) is 0. The minimum absolute atomic E-state index is 0.180. The number of carbonyl (C=O) groups is 1. The Balaban J connectivity index is 2.56. The normalized spacial score (nSPS) is 14.7. The topological polar surface area (TPSA) is 81.2 Å². The van der Waals surface area contributed by atoms with Crippen LogP contribution in [0.25, 0.3) is 0 Å². The molecule has 1 aromatic heterocycles. The highest BCUT2D eigenvalue weighted by molar-refractivity contribution is 5.81. The lowest BCUT2D eigenvalue weighted by Gasteiger charge is -2.13. The highest BCUT2D eigenvalue weighted by atomic mass is 16.4. The van der Waals surface area contributed by atoms with E-state index in [0.717, 1.165) is 5.76 Å². The predicted molar refractivity (Wildman–Crippen MR) is 56.1 cm³/mol. The van der Waals surface area contributed by atoms with Crippen LogP contribution in [-0.4, -0.2) is 16.9 Å². The van der Waals surface area contributed by atoms with Crippen molar-refractivity contribution >= 4 is 5.91 Å². The SMILES string of the molecule is CC[C@@H](N)C(=O)NC(C)c1ncc(C)o1. The van der Waals surface area contributed by atoms with Crippen LogP contribution in [-0.2, 0) is 4.79 Å². The lowest BCUT2D eigenvalue weighted by Crippen LogP contribution is -2.41. The van der Waals surface area contributed by atoms with Gasteiger partial charge in [0.25, 0.3) is 0 Å². The summed E-state index contributed by atoms with van der Waals surface area (Å²) in [6.45, 7) is 5.48. The number of carbonyl (C=O) groups excluding carboxylic acids is 1. The van der Waals surface area contributed by atoms with Crippen molar-refractivity contribution in [3.63, 3.8) is 0 Å². The molecule has 15 heavy (non-hydrogen) atoms. The highest BCUT2D eigenvalue weighted by Crippen LogP contribution is 2.11. The molecular formula is C10H17N3O2. The van der Waals surface area contributed by atoms with Gasteiger partial charge in [0.05, 0.1) is 12.2 Å². The second kappa shape index (κ2) is 4.93. The van der Waals surface area contributed by atoms with Crippen LogP contribution < -0.4 is 11.1 Å². The van der Waals surface area contributed by atoms with Crippen molar-refractivity contribution in [1.82, 2.24) is 10.3 Å². The first-order chi connectivity index (χ1) is 7.04. The molecule has 3 N–H and O–H groups in total. The van der Waals surface area contributed by atoms with E-state index in [1.165, 1.54) is 0 Å². The molecule has 0 saturated heterocycles. The lowest BCUT2D eigenvalue weighted by molar-refractivity contribution is -0.123. The van der Waals surface area contributed by atoms with Gasteiger partial charge in [0.15, 0.2) is 0 Å². The molecule has 0 saturated carbocycles. The molecule has 0 spiro atoms. The molecule has 5 nitrogen and oxygen atoms in total. The van der Waals surface area contributed by atoms with Gasteiger partial charge in [-0.3, -0.25) is 4.79 Å². The zero-order valence-corrected chi connectivity index (χ0v) is 9.28. The summed E-state index contributed by atoms with van der Waals surface area (Å²) >= 11 is 0. The molecule has 0 aliphatic rings. The van der Waals surface area contributed by atoms with E-state index in [1.54, 1.807) is 6.20 Å². The van der Waals surface area contributed by atoms with E-state index in [0.29, 0.717) is 12.3 Å². The van der Waals surface area contributed by atoms with E-state index in [1.807, 2.05) is 20.8 Å². The Hall–Kier alpha value is -1.36. The van der Waals surface area contributed by atoms with Crippen molar-refractivity contribution in [3.8, 4) is 0 Å². The molecular weight excluding hydrogens is 194 g/mol. The van der Waals surface area contributed by atoms with Crippen LogP contribution in [0.1, 0.15) is 38.0 Å². The van der Waals surface area contributed by atoms with Crippen molar-refractivity contribution in [2.45, 2.75) is 39.3 Å². The van der Waals surface area contributed by atoms with Gasteiger partial charge in [0.1, 0.15) is 11.8 Å². The van der Waals surface area contributed by atoms with Gasteiger partial charge in [-0.15, -0.1) is 0 Å². The summed E-state index contributed by atoms with van der Waals surface area (Å²) < 4.78 is 5.29. The van der Waals surface area contributed by atoms with E-state index >= 15 is 0 Å². The summed E-state index contributed by atoms with van der Waals surface area (Å²) in [5.74, 6) is 1.05. The van der Waals surface area contributed by atoms with Gasteiger partial charge in [-0.2, -0.15) is 0 Å². The van der Waals surface area contributed by atoms with Crippen molar-refractivity contribution < 1.29 is 9.21 Å². The van der Waals surface area contributed by atoms with Crippen LogP contribution in [0.15, 0.2) is 10.6 Å². The molecule has 0 aromatic carbocycles. The Morgan fingerprint density at radius 2 is 2.40 bits per heavy atom. The molecule has 1 amide bonds. The third-order valence-electron chi connectivity index (χ3n) is 2.14. The fourth-order valence-electron chi connectivity index (χ4n) is 1.14. The smallest absolute Gasteiger partial charge is 0.237 e. The number of nitrogens with one attached hydrogen (secondary N) is 1. The van der Waals surface area contributed by atoms with Gasteiger partial charge in [-0.25, -0.2) is 4.98 Å². The number of amides is 1. The molecule has 1 heterocycles. The molecule has 5 heteroatoms. The molecule has 0 bridgehead atoms. The largest absolute Gasteiger partial charge is 0.444 e. The summed E-state index contributed by atoms with van der Waals surface area (Å²) in [6.07, 6.45) is 2.24. The number of hydrogen-bond donors (Lipinski definition) is 2. The summed E-state index contributed by atoms with van der Waals surface area (Å²) in [4.78, 5) is 15.5. The maximum atomic E-state index is 11.5. The lowest BCUT2D eigenvalue weighted by atomic mass is 10.2. The molecule has 1 rings (SSSR count).